The number of Topliss-reactive ketones (excluding diaryl/α,β-unsaturated/α-hetero) is 1. The molecule has 0 spiro atoms. The highest BCUT2D eigenvalue weighted by Gasteiger charge is 2.41. The van der Waals surface area contributed by atoms with Crippen molar-refractivity contribution in [2.24, 2.45) is 5.92 Å². The minimum Gasteiger partial charge on any atom is -0.493 e. The Hall–Kier alpha value is -2.34. The van der Waals surface area contributed by atoms with Crippen LogP contribution in [0, 0.1) is 12.8 Å². The van der Waals surface area contributed by atoms with Gasteiger partial charge >= 0.3 is 5.97 Å². The molecule has 1 heterocycles. The first-order chi connectivity index (χ1) is 12.1. The number of allylic oxidation sites excluding steroid dienone is 1. The molecule has 6 heteroatoms. The number of ether oxygens (including phenoxy) is 4. The summed E-state index contributed by atoms with van der Waals surface area (Å²) in [5.41, 5.74) is 1.12. The number of benzene rings is 1. The molecule has 3 rings (SSSR count). The molecule has 0 amide bonds. The molecule has 0 radical (unpaired) electrons. The molecule has 0 N–H and O–H groups in total. The number of aryl methyl sites for hydroxylation is 1. The lowest BCUT2D eigenvalue weighted by molar-refractivity contribution is -0.152. The van der Waals surface area contributed by atoms with Crippen LogP contribution in [0.5, 0.6) is 5.75 Å². The molecule has 1 aliphatic heterocycles. The topological polar surface area (TPSA) is 71.1 Å². The first-order valence-corrected chi connectivity index (χ1v) is 8.39. The van der Waals surface area contributed by atoms with Crippen molar-refractivity contribution in [1.29, 1.82) is 0 Å². The SMILES string of the molecule is COC(=O)COC1CCC2C(=O)C(Oc3ccc(C)cc3)=COC2C1. The number of carbonyl (C=O) groups excluding carboxylic acids is 2. The first-order valence-electron chi connectivity index (χ1n) is 8.39. The van der Waals surface area contributed by atoms with Crippen molar-refractivity contribution < 1.29 is 28.5 Å². The summed E-state index contributed by atoms with van der Waals surface area (Å²) in [5.74, 6) is 0.171. The van der Waals surface area contributed by atoms with Gasteiger partial charge in [0.05, 0.1) is 19.1 Å². The fourth-order valence-electron chi connectivity index (χ4n) is 3.14. The Morgan fingerprint density at radius 2 is 2.00 bits per heavy atom. The van der Waals surface area contributed by atoms with Gasteiger partial charge in [0.25, 0.3) is 0 Å². The van der Waals surface area contributed by atoms with Gasteiger partial charge in [-0.25, -0.2) is 4.79 Å². The van der Waals surface area contributed by atoms with E-state index in [0.29, 0.717) is 25.0 Å². The summed E-state index contributed by atoms with van der Waals surface area (Å²) in [4.78, 5) is 23.8. The van der Waals surface area contributed by atoms with E-state index in [0.717, 1.165) is 5.56 Å². The minimum absolute atomic E-state index is 0.0387. The van der Waals surface area contributed by atoms with Gasteiger partial charge in [0.15, 0.2) is 0 Å². The molecule has 1 aromatic rings. The molecule has 3 unspecified atom stereocenters. The predicted molar refractivity (Wildman–Crippen MR) is 88.9 cm³/mol. The normalized spacial score (nSPS) is 25.4. The number of ketones is 1. The number of hydrogen-bond donors (Lipinski definition) is 0. The molecule has 0 aromatic heterocycles. The van der Waals surface area contributed by atoms with Gasteiger partial charge in [0.1, 0.15) is 24.7 Å². The minimum atomic E-state index is -0.406. The molecule has 134 valence electrons. The van der Waals surface area contributed by atoms with E-state index in [-0.39, 0.29) is 36.3 Å². The largest absolute Gasteiger partial charge is 0.493 e. The van der Waals surface area contributed by atoms with Crippen LogP contribution in [-0.4, -0.2) is 37.7 Å². The van der Waals surface area contributed by atoms with E-state index < -0.39 is 5.97 Å². The molecular weight excluding hydrogens is 324 g/mol. The fourth-order valence-corrected chi connectivity index (χ4v) is 3.14. The fraction of sp³-hybridized carbons (Fsp3) is 0.474. The predicted octanol–water partition coefficient (Wildman–Crippen LogP) is 2.54. The van der Waals surface area contributed by atoms with Crippen LogP contribution in [0.3, 0.4) is 0 Å². The Labute approximate surface area is 146 Å². The molecule has 1 aromatic carbocycles. The zero-order valence-electron chi connectivity index (χ0n) is 14.4. The summed E-state index contributed by atoms with van der Waals surface area (Å²) < 4.78 is 21.5. The molecule has 25 heavy (non-hydrogen) atoms. The van der Waals surface area contributed by atoms with Crippen LogP contribution in [0.25, 0.3) is 0 Å². The zero-order chi connectivity index (χ0) is 17.8. The lowest BCUT2D eigenvalue weighted by atomic mass is 9.80. The van der Waals surface area contributed by atoms with Gasteiger partial charge in [-0.05, 0) is 31.9 Å². The summed E-state index contributed by atoms with van der Waals surface area (Å²) in [7, 11) is 1.33. The van der Waals surface area contributed by atoms with Gasteiger partial charge in [-0.3, -0.25) is 4.79 Å². The number of hydrogen-bond acceptors (Lipinski definition) is 6. The van der Waals surface area contributed by atoms with Crippen molar-refractivity contribution in [3.63, 3.8) is 0 Å². The molecule has 1 aliphatic carbocycles. The second-order valence-corrected chi connectivity index (χ2v) is 6.36. The highest BCUT2D eigenvalue weighted by molar-refractivity contribution is 5.96. The van der Waals surface area contributed by atoms with Gasteiger partial charge in [-0.1, -0.05) is 17.7 Å². The van der Waals surface area contributed by atoms with Crippen molar-refractivity contribution in [2.75, 3.05) is 13.7 Å². The smallest absolute Gasteiger partial charge is 0.331 e. The molecule has 3 atom stereocenters. The average Bonchev–Trinajstić information content (AvgIpc) is 2.63. The van der Waals surface area contributed by atoms with E-state index in [9.17, 15) is 9.59 Å². The summed E-state index contributed by atoms with van der Waals surface area (Å²) in [5, 5.41) is 0. The van der Waals surface area contributed by atoms with Gasteiger partial charge < -0.3 is 18.9 Å². The van der Waals surface area contributed by atoms with E-state index >= 15 is 0 Å². The lowest BCUT2D eigenvalue weighted by Crippen LogP contribution is -2.42. The van der Waals surface area contributed by atoms with Crippen molar-refractivity contribution in [1.82, 2.24) is 0 Å². The number of fused-ring (bicyclic) bond motifs is 1. The Bertz CT molecular complexity index is 663. The Balaban J connectivity index is 1.59. The second kappa shape index (κ2) is 7.70. The molecule has 0 bridgehead atoms. The van der Waals surface area contributed by atoms with Crippen LogP contribution in [-0.2, 0) is 23.8 Å². The van der Waals surface area contributed by atoms with Crippen molar-refractivity contribution in [3.05, 3.63) is 41.9 Å². The Morgan fingerprint density at radius 3 is 2.72 bits per heavy atom. The summed E-state index contributed by atoms with van der Waals surface area (Å²) in [6.07, 6.45) is 2.96. The van der Waals surface area contributed by atoms with Crippen LogP contribution in [0.1, 0.15) is 24.8 Å². The third-order valence-electron chi connectivity index (χ3n) is 4.59. The third-order valence-corrected chi connectivity index (χ3v) is 4.59. The van der Waals surface area contributed by atoms with Gasteiger partial charge in [-0.2, -0.15) is 0 Å². The number of methoxy groups -OCH3 is 1. The van der Waals surface area contributed by atoms with E-state index in [4.69, 9.17) is 14.2 Å². The zero-order valence-corrected chi connectivity index (χ0v) is 14.4. The van der Waals surface area contributed by atoms with Crippen LogP contribution >= 0.6 is 0 Å². The van der Waals surface area contributed by atoms with Gasteiger partial charge in [-0.15, -0.1) is 0 Å². The van der Waals surface area contributed by atoms with Crippen molar-refractivity contribution >= 4 is 11.8 Å². The molecule has 6 nitrogen and oxygen atoms in total. The summed E-state index contributed by atoms with van der Waals surface area (Å²) in [6, 6.07) is 7.51. The maximum atomic E-state index is 12.7. The van der Waals surface area contributed by atoms with Crippen molar-refractivity contribution in [3.8, 4) is 5.75 Å². The van der Waals surface area contributed by atoms with Gasteiger partial charge in [0, 0.05) is 6.42 Å². The van der Waals surface area contributed by atoms with E-state index in [2.05, 4.69) is 4.74 Å². The van der Waals surface area contributed by atoms with Gasteiger partial charge in [0.2, 0.25) is 11.5 Å². The first kappa shape index (κ1) is 17.5. The molecule has 0 saturated heterocycles. The molecule has 1 saturated carbocycles. The highest BCUT2D eigenvalue weighted by atomic mass is 16.6. The number of carbonyl (C=O) groups is 2. The van der Waals surface area contributed by atoms with Crippen LogP contribution in [0.4, 0.5) is 0 Å². The van der Waals surface area contributed by atoms with Crippen molar-refractivity contribution in [2.45, 2.75) is 38.4 Å². The standard InChI is InChI=1S/C19H22O6/c1-12-3-5-13(6-4-12)25-17-10-24-16-9-14(23-11-18(20)22-2)7-8-15(16)19(17)21/h3-6,10,14-16H,7-9,11H2,1-2H3. The maximum absolute atomic E-state index is 12.7. The molecule has 1 fully saturated rings. The van der Waals surface area contributed by atoms with Crippen LogP contribution < -0.4 is 4.74 Å². The van der Waals surface area contributed by atoms with E-state index in [1.54, 1.807) is 0 Å². The van der Waals surface area contributed by atoms with E-state index in [1.807, 2.05) is 31.2 Å². The van der Waals surface area contributed by atoms with E-state index in [1.165, 1.54) is 13.4 Å². The second-order valence-electron chi connectivity index (χ2n) is 6.36. The lowest BCUT2D eigenvalue weighted by Gasteiger charge is -2.36. The monoisotopic (exact) mass is 346 g/mol. The Kier molecular flexibility index (Phi) is 5.38. The average molecular weight is 346 g/mol. The highest BCUT2D eigenvalue weighted by Crippen LogP contribution is 2.35. The van der Waals surface area contributed by atoms with Crippen LogP contribution in [0.2, 0.25) is 0 Å². The third kappa shape index (κ3) is 4.20. The maximum Gasteiger partial charge on any atom is 0.331 e. The number of rotatable bonds is 5. The number of esters is 1. The van der Waals surface area contributed by atoms with Crippen LogP contribution in [0.15, 0.2) is 36.3 Å². The molecular formula is C19H22O6. The summed E-state index contributed by atoms with van der Waals surface area (Å²) >= 11 is 0. The molecule has 2 aliphatic rings. The quantitative estimate of drug-likeness (QED) is 0.763. The summed E-state index contributed by atoms with van der Waals surface area (Å²) in [6.45, 7) is 1.91. The Morgan fingerprint density at radius 1 is 1.24 bits per heavy atom.